The SMILES string of the molecule is Cc1c(F)cccc1[C@H]1[C](CCCCN(C)C)CNC[C@@H]1C(=O)c1cccc(O)c1. The fourth-order valence-corrected chi connectivity index (χ4v) is 4.44. The van der Waals surface area contributed by atoms with Gasteiger partial charge >= 0.3 is 0 Å². The molecule has 2 aromatic rings. The Morgan fingerprint density at radius 3 is 2.70 bits per heavy atom. The van der Waals surface area contributed by atoms with Crippen LogP contribution in [0.15, 0.2) is 42.5 Å². The summed E-state index contributed by atoms with van der Waals surface area (Å²) in [5.41, 5.74) is 2.01. The van der Waals surface area contributed by atoms with Crippen molar-refractivity contribution in [1.82, 2.24) is 10.2 Å². The molecule has 0 aromatic heterocycles. The van der Waals surface area contributed by atoms with E-state index in [0.29, 0.717) is 17.7 Å². The first-order valence-electron chi connectivity index (χ1n) is 10.7. The first-order valence-corrected chi connectivity index (χ1v) is 10.7. The summed E-state index contributed by atoms with van der Waals surface area (Å²) in [6, 6.07) is 11.7. The van der Waals surface area contributed by atoms with E-state index in [-0.39, 0.29) is 29.2 Å². The van der Waals surface area contributed by atoms with Crippen LogP contribution < -0.4 is 5.32 Å². The predicted octanol–water partition coefficient (Wildman–Crippen LogP) is 4.33. The fourth-order valence-electron chi connectivity index (χ4n) is 4.44. The zero-order valence-electron chi connectivity index (χ0n) is 18.1. The van der Waals surface area contributed by atoms with E-state index in [9.17, 15) is 14.3 Å². The number of hydrogen-bond donors (Lipinski definition) is 2. The van der Waals surface area contributed by atoms with E-state index in [1.54, 1.807) is 31.2 Å². The van der Waals surface area contributed by atoms with Gasteiger partial charge in [0.05, 0.1) is 0 Å². The third-order valence-corrected chi connectivity index (χ3v) is 6.02. The number of rotatable bonds is 8. The van der Waals surface area contributed by atoms with Gasteiger partial charge in [0.2, 0.25) is 0 Å². The van der Waals surface area contributed by atoms with Gasteiger partial charge in [-0.3, -0.25) is 4.79 Å². The second-order valence-electron chi connectivity index (χ2n) is 8.50. The molecule has 1 saturated heterocycles. The van der Waals surface area contributed by atoms with Crippen LogP contribution in [0.4, 0.5) is 4.39 Å². The van der Waals surface area contributed by atoms with Crippen molar-refractivity contribution < 1.29 is 14.3 Å². The zero-order chi connectivity index (χ0) is 21.7. The summed E-state index contributed by atoms with van der Waals surface area (Å²) in [5.74, 6) is 0.628. The number of Topliss-reactive ketones (excluding diaryl/α,β-unsaturated/α-hetero) is 1. The number of aromatic hydroxyl groups is 1. The summed E-state index contributed by atoms with van der Waals surface area (Å²) < 4.78 is 14.4. The number of benzene rings is 2. The molecule has 3 rings (SSSR count). The number of ketones is 1. The van der Waals surface area contributed by atoms with E-state index in [4.69, 9.17) is 0 Å². The molecule has 1 heterocycles. The van der Waals surface area contributed by atoms with Gasteiger partial charge in [-0.25, -0.2) is 4.39 Å². The lowest BCUT2D eigenvalue weighted by molar-refractivity contribution is 0.0885. The molecule has 161 valence electrons. The minimum atomic E-state index is -0.329. The van der Waals surface area contributed by atoms with Crippen LogP contribution >= 0.6 is 0 Å². The quantitative estimate of drug-likeness (QED) is 0.501. The van der Waals surface area contributed by atoms with E-state index in [0.717, 1.165) is 37.9 Å². The van der Waals surface area contributed by atoms with Crippen LogP contribution in [-0.2, 0) is 0 Å². The van der Waals surface area contributed by atoms with Gasteiger partial charge in [0.25, 0.3) is 0 Å². The Bertz CT molecular complexity index is 868. The summed E-state index contributed by atoms with van der Waals surface area (Å²) in [4.78, 5) is 15.6. The van der Waals surface area contributed by atoms with Gasteiger partial charge < -0.3 is 15.3 Å². The molecule has 1 aliphatic rings. The number of nitrogens with one attached hydrogen (secondary N) is 1. The molecule has 0 saturated carbocycles. The maximum Gasteiger partial charge on any atom is 0.167 e. The van der Waals surface area contributed by atoms with Gasteiger partial charge in [-0.2, -0.15) is 0 Å². The molecule has 0 spiro atoms. The maximum atomic E-state index is 14.4. The van der Waals surface area contributed by atoms with E-state index in [1.165, 1.54) is 18.1 Å². The Morgan fingerprint density at radius 1 is 1.20 bits per heavy atom. The third kappa shape index (κ3) is 5.27. The second kappa shape index (κ2) is 10.2. The van der Waals surface area contributed by atoms with Crippen molar-refractivity contribution in [1.29, 1.82) is 0 Å². The molecule has 4 nitrogen and oxygen atoms in total. The highest BCUT2D eigenvalue weighted by atomic mass is 19.1. The van der Waals surface area contributed by atoms with E-state index in [1.807, 2.05) is 6.07 Å². The number of carbonyl (C=O) groups is 1. The van der Waals surface area contributed by atoms with E-state index in [2.05, 4.69) is 24.3 Å². The highest BCUT2D eigenvalue weighted by Gasteiger charge is 2.39. The summed E-state index contributed by atoms with van der Waals surface area (Å²) in [6.07, 6.45) is 3.02. The normalized spacial score (nSPS) is 19.9. The fraction of sp³-hybridized carbons (Fsp3) is 0.440. The molecule has 0 amide bonds. The van der Waals surface area contributed by atoms with Crippen molar-refractivity contribution in [3.63, 3.8) is 0 Å². The second-order valence-corrected chi connectivity index (χ2v) is 8.50. The number of phenols is 1. The van der Waals surface area contributed by atoms with Crippen molar-refractivity contribution in [2.45, 2.75) is 32.1 Å². The minimum Gasteiger partial charge on any atom is -0.508 e. The summed E-state index contributed by atoms with van der Waals surface area (Å²) in [5, 5.41) is 13.2. The largest absolute Gasteiger partial charge is 0.508 e. The lowest BCUT2D eigenvalue weighted by atomic mass is 9.69. The molecular formula is C25H32FN2O2. The minimum absolute atomic E-state index is 0.0162. The average Bonchev–Trinajstić information content (AvgIpc) is 2.72. The lowest BCUT2D eigenvalue weighted by Crippen LogP contribution is -2.44. The smallest absolute Gasteiger partial charge is 0.167 e. The van der Waals surface area contributed by atoms with Crippen LogP contribution in [0.2, 0.25) is 0 Å². The van der Waals surface area contributed by atoms with Crippen LogP contribution in [0.1, 0.15) is 46.7 Å². The molecule has 2 atom stereocenters. The number of hydrogen-bond acceptors (Lipinski definition) is 4. The van der Waals surface area contributed by atoms with Gasteiger partial charge in [0, 0.05) is 30.5 Å². The van der Waals surface area contributed by atoms with Crippen molar-refractivity contribution in [3.8, 4) is 5.75 Å². The molecule has 2 aromatic carbocycles. The first kappa shape index (κ1) is 22.4. The Balaban J connectivity index is 1.91. The van der Waals surface area contributed by atoms with Crippen LogP contribution in [0.25, 0.3) is 0 Å². The highest BCUT2D eigenvalue weighted by molar-refractivity contribution is 5.99. The number of halogens is 1. The molecule has 30 heavy (non-hydrogen) atoms. The zero-order valence-corrected chi connectivity index (χ0v) is 18.1. The van der Waals surface area contributed by atoms with Crippen molar-refractivity contribution >= 4 is 5.78 Å². The average molecular weight is 412 g/mol. The Hall–Kier alpha value is -2.24. The molecule has 1 aliphatic heterocycles. The molecule has 1 radical (unpaired) electrons. The van der Waals surface area contributed by atoms with Crippen molar-refractivity contribution in [2.24, 2.45) is 5.92 Å². The molecule has 1 fully saturated rings. The number of carbonyl (C=O) groups excluding carboxylic acids is 1. The molecule has 0 bridgehead atoms. The van der Waals surface area contributed by atoms with Crippen LogP contribution in [0, 0.1) is 24.6 Å². The first-order chi connectivity index (χ1) is 14.4. The highest BCUT2D eigenvalue weighted by Crippen LogP contribution is 2.42. The summed E-state index contributed by atoms with van der Waals surface area (Å²) in [6.45, 7) is 4.10. The molecular weight excluding hydrogens is 379 g/mol. The number of phenolic OH excluding ortho intramolecular Hbond substituents is 1. The molecule has 0 unspecified atom stereocenters. The standard InChI is InChI=1S/C25H32FN2O2/c1-17-21(11-7-12-23(17)26)24-19(8-4-5-13-28(2)3)15-27-16-22(24)25(30)18-9-6-10-20(29)14-18/h6-7,9-12,14,22,24,27,29H,4-5,8,13,15-16H2,1-3H3/t22-,24+/m0/s1. The monoisotopic (exact) mass is 411 g/mol. The van der Waals surface area contributed by atoms with Crippen molar-refractivity contribution in [3.05, 3.63) is 70.9 Å². The van der Waals surface area contributed by atoms with Gasteiger partial charge in [0.1, 0.15) is 11.6 Å². The van der Waals surface area contributed by atoms with E-state index < -0.39 is 0 Å². The van der Waals surface area contributed by atoms with Crippen LogP contribution in [-0.4, -0.2) is 49.5 Å². The van der Waals surface area contributed by atoms with Crippen LogP contribution in [0.5, 0.6) is 5.75 Å². The Labute approximate surface area is 179 Å². The predicted molar refractivity (Wildman–Crippen MR) is 118 cm³/mol. The Kier molecular flexibility index (Phi) is 7.62. The molecule has 2 N–H and O–H groups in total. The molecule has 5 heteroatoms. The van der Waals surface area contributed by atoms with Gasteiger partial charge in [0.15, 0.2) is 5.78 Å². The molecule has 0 aliphatic carbocycles. The number of piperidine rings is 1. The number of nitrogens with zero attached hydrogens (tertiary/aromatic N) is 1. The summed E-state index contributed by atoms with van der Waals surface area (Å²) in [7, 11) is 4.14. The Morgan fingerprint density at radius 2 is 1.97 bits per heavy atom. The van der Waals surface area contributed by atoms with Gasteiger partial charge in [-0.1, -0.05) is 30.7 Å². The number of unbranched alkanes of at least 4 members (excludes halogenated alkanes) is 1. The van der Waals surface area contributed by atoms with Crippen molar-refractivity contribution in [2.75, 3.05) is 33.7 Å². The third-order valence-electron chi connectivity index (χ3n) is 6.02. The summed E-state index contributed by atoms with van der Waals surface area (Å²) >= 11 is 0. The topological polar surface area (TPSA) is 52.6 Å². The van der Waals surface area contributed by atoms with Gasteiger partial charge in [-0.05, 0) is 75.6 Å². The van der Waals surface area contributed by atoms with Gasteiger partial charge in [-0.15, -0.1) is 0 Å². The van der Waals surface area contributed by atoms with Crippen LogP contribution in [0.3, 0.4) is 0 Å². The van der Waals surface area contributed by atoms with E-state index >= 15 is 0 Å². The maximum absolute atomic E-state index is 14.4. The lowest BCUT2D eigenvalue weighted by Gasteiger charge is -2.39.